The quantitative estimate of drug-likeness (QED) is 0.268. The summed E-state index contributed by atoms with van der Waals surface area (Å²) < 4.78 is 15.7. The zero-order valence-electron chi connectivity index (χ0n) is 18.1. The van der Waals surface area contributed by atoms with Gasteiger partial charge in [0.15, 0.2) is 11.5 Å². The molecule has 0 atom stereocenters. The minimum absolute atomic E-state index is 0.0244. The van der Waals surface area contributed by atoms with Gasteiger partial charge in [-0.05, 0) is 26.7 Å². The molecule has 0 aromatic heterocycles. The zero-order valence-corrected chi connectivity index (χ0v) is 18.1. The predicted octanol–water partition coefficient (Wildman–Crippen LogP) is 2.79. The van der Waals surface area contributed by atoms with E-state index in [9.17, 15) is 14.9 Å². The van der Waals surface area contributed by atoms with Crippen molar-refractivity contribution in [3.63, 3.8) is 0 Å². The van der Waals surface area contributed by atoms with Crippen molar-refractivity contribution in [1.82, 2.24) is 10.2 Å². The first-order valence-corrected chi connectivity index (χ1v) is 10.0. The summed E-state index contributed by atoms with van der Waals surface area (Å²) in [5.41, 5.74) is 0.922. The number of rotatable bonds is 10. The van der Waals surface area contributed by atoms with Crippen LogP contribution < -0.4 is 14.8 Å². The van der Waals surface area contributed by atoms with Gasteiger partial charge >= 0.3 is 0 Å². The van der Waals surface area contributed by atoms with Gasteiger partial charge in [0.1, 0.15) is 12.2 Å². The molecule has 9 heteroatoms. The van der Waals surface area contributed by atoms with E-state index >= 15 is 0 Å². The lowest BCUT2D eigenvalue weighted by Crippen LogP contribution is -2.44. The predicted molar refractivity (Wildman–Crippen MR) is 113 cm³/mol. The van der Waals surface area contributed by atoms with Gasteiger partial charge in [0, 0.05) is 38.9 Å². The van der Waals surface area contributed by atoms with E-state index in [2.05, 4.69) is 30.1 Å². The van der Waals surface area contributed by atoms with Crippen molar-refractivity contribution in [3.8, 4) is 11.5 Å². The Hall–Kier alpha value is -2.65. The van der Waals surface area contributed by atoms with E-state index in [1.807, 2.05) is 0 Å². The number of amides is 1. The molecule has 0 radical (unpaired) electrons. The van der Waals surface area contributed by atoms with Crippen molar-refractivity contribution in [2.45, 2.75) is 32.7 Å². The highest BCUT2D eigenvalue weighted by Gasteiger charge is 2.27. The van der Waals surface area contributed by atoms with Crippen LogP contribution in [-0.4, -0.2) is 68.8 Å². The third-order valence-corrected chi connectivity index (χ3v) is 4.95. The largest absolute Gasteiger partial charge is 0.493 e. The van der Waals surface area contributed by atoms with Gasteiger partial charge < -0.3 is 19.5 Å². The van der Waals surface area contributed by atoms with Crippen LogP contribution in [0.3, 0.4) is 0 Å². The van der Waals surface area contributed by atoms with E-state index in [0.29, 0.717) is 6.61 Å². The maximum atomic E-state index is 12.8. The van der Waals surface area contributed by atoms with Gasteiger partial charge in [-0.15, -0.1) is 0 Å². The molecule has 1 aromatic rings. The molecular weight excluding hydrogens is 390 g/mol. The van der Waals surface area contributed by atoms with Crippen molar-refractivity contribution in [3.05, 3.63) is 39.5 Å². The Labute approximate surface area is 177 Å². The molecule has 1 aromatic carbocycles. The van der Waals surface area contributed by atoms with Crippen LogP contribution in [0.1, 0.15) is 37.0 Å². The van der Waals surface area contributed by atoms with Crippen LogP contribution >= 0.6 is 0 Å². The van der Waals surface area contributed by atoms with Crippen LogP contribution in [0.4, 0.5) is 5.69 Å². The summed E-state index contributed by atoms with van der Waals surface area (Å²) in [6.07, 6.45) is 3.78. The number of ether oxygens (including phenoxy) is 3. The van der Waals surface area contributed by atoms with Crippen molar-refractivity contribution < 1.29 is 23.9 Å². The van der Waals surface area contributed by atoms with Crippen LogP contribution in [0.15, 0.2) is 23.8 Å². The molecular formula is C21H31N3O6. The fourth-order valence-corrected chi connectivity index (χ4v) is 3.22. The second-order valence-corrected chi connectivity index (χ2v) is 7.45. The topological polar surface area (TPSA) is 103 Å². The number of nitrogens with zero attached hydrogens (tertiary/aromatic N) is 2. The molecule has 1 amide bonds. The van der Waals surface area contributed by atoms with Crippen LogP contribution in [0.5, 0.6) is 11.5 Å². The third-order valence-electron chi connectivity index (χ3n) is 4.95. The molecule has 1 aliphatic rings. The third kappa shape index (κ3) is 6.70. The SMILES string of the molecule is COCCOc1cc([N+](=O)[O-])c(C(=O)NC2CCN(CC=C(C)C)CC2)cc1OC. The number of likely N-dealkylation sites (tertiary alicyclic amines) is 1. The number of nitro benzene ring substituents is 1. The van der Waals surface area contributed by atoms with Gasteiger partial charge in [0.2, 0.25) is 0 Å². The minimum Gasteiger partial charge on any atom is -0.493 e. The van der Waals surface area contributed by atoms with Gasteiger partial charge in [-0.1, -0.05) is 11.6 Å². The average Bonchev–Trinajstić information content (AvgIpc) is 2.72. The molecule has 1 saturated heterocycles. The monoisotopic (exact) mass is 421 g/mol. The number of hydrogen-bond acceptors (Lipinski definition) is 7. The van der Waals surface area contributed by atoms with E-state index in [1.54, 1.807) is 0 Å². The van der Waals surface area contributed by atoms with Gasteiger partial charge in [0.25, 0.3) is 11.6 Å². The molecule has 166 valence electrons. The number of benzene rings is 1. The summed E-state index contributed by atoms with van der Waals surface area (Å²) in [6, 6.07) is 2.56. The molecule has 0 saturated carbocycles. The van der Waals surface area contributed by atoms with Gasteiger partial charge in [0.05, 0.1) is 24.7 Å². The Balaban J connectivity index is 2.09. The number of methoxy groups -OCH3 is 2. The van der Waals surface area contributed by atoms with Crippen LogP contribution in [-0.2, 0) is 4.74 Å². The Bertz CT molecular complexity index is 768. The second kappa shape index (κ2) is 11.5. The van der Waals surface area contributed by atoms with E-state index in [-0.39, 0.29) is 35.4 Å². The maximum Gasteiger partial charge on any atom is 0.286 e. The molecule has 0 bridgehead atoms. The summed E-state index contributed by atoms with van der Waals surface area (Å²) in [5, 5.41) is 14.5. The lowest BCUT2D eigenvalue weighted by atomic mass is 10.0. The first-order valence-electron chi connectivity index (χ1n) is 10.0. The first kappa shape index (κ1) is 23.6. The highest BCUT2D eigenvalue weighted by Crippen LogP contribution is 2.35. The van der Waals surface area contributed by atoms with Crippen LogP contribution in [0.2, 0.25) is 0 Å². The highest BCUT2D eigenvalue weighted by molar-refractivity contribution is 5.99. The average molecular weight is 421 g/mol. The number of hydrogen-bond donors (Lipinski definition) is 1. The maximum absolute atomic E-state index is 12.8. The fourth-order valence-electron chi connectivity index (χ4n) is 3.22. The molecule has 2 rings (SSSR count). The summed E-state index contributed by atoms with van der Waals surface area (Å²) >= 11 is 0. The molecule has 0 spiro atoms. The Morgan fingerprint density at radius 3 is 2.50 bits per heavy atom. The van der Waals surface area contributed by atoms with Gasteiger partial charge in [-0.2, -0.15) is 0 Å². The number of carbonyl (C=O) groups is 1. The summed E-state index contributed by atoms with van der Waals surface area (Å²) in [7, 11) is 2.96. The standard InChI is InChI=1S/C21H31N3O6/c1-15(2)5-8-23-9-6-16(7-10-23)22-21(25)17-13-19(29-4)20(30-12-11-28-3)14-18(17)24(26)27/h5,13-14,16H,6-12H2,1-4H3,(H,22,25). The van der Waals surface area contributed by atoms with Crippen molar-refractivity contribution in [2.24, 2.45) is 0 Å². The number of nitrogens with one attached hydrogen (secondary N) is 1. The smallest absolute Gasteiger partial charge is 0.286 e. The van der Waals surface area contributed by atoms with Crippen LogP contribution in [0, 0.1) is 10.1 Å². The molecule has 1 aliphatic heterocycles. The van der Waals surface area contributed by atoms with Crippen molar-refractivity contribution in [2.75, 3.05) is 47.1 Å². The lowest BCUT2D eigenvalue weighted by molar-refractivity contribution is -0.385. The molecule has 30 heavy (non-hydrogen) atoms. The molecule has 1 heterocycles. The zero-order chi connectivity index (χ0) is 22.1. The van der Waals surface area contributed by atoms with Crippen LogP contribution in [0.25, 0.3) is 0 Å². The molecule has 1 fully saturated rings. The normalized spacial score (nSPS) is 14.8. The van der Waals surface area contributed by atoms with Gasteiger partial charge in [-0.3, -0.25) is 19.8 Å². The van der Waals surface area contributed by atoms with E-state index in [4.69, 9.17) is 14.2 Å². The second-order valence-electron chi connectivity index (χ2n) is 7.45. The Kier molecular flexibility index (Phi) is 9.07. The van der Waals surface area contributed by atoms with E-state index in [1.165, 1.54) is 31.9 Å². The molecule has 9 nitrogen and oxygen atoms in total. The molecule has 0 aliphatic carbocycles. The minimum atomic E-state index is -0.584. The van der Waals surface area contributed by atoms with E-state index in [0.717, 1.165) is 32.5 Å². The van der Waals surface area contributed by atoms with Gasteiger partial charge in [-0.25, -0.2) is 0 Å². The number of piperidine rings is 1. The number of allylic oxidation sites excluding steroid dienone is 1. The van der Waals surface area contributed by atoms with Crippen molar-refractivity contribution >= 4 is 11.6 Å². The summed E-state index contributed by atoms with van der Waals surface area (Å²) in [5.74, 6) is -0.0186. The Morgan fingerprint density at radius 1 is 1.23 bits per heavy atom. The molecule has 1 N–H and O–H groups in total. The Morgan fingerprint density at radius 2 is 1.93 bits per heavy atom. The lowest BCUT2D eigenvalue weighted by Gasteiger charge is -2.31. The molecule has 0 unspecified atom stereocenters. The highest BCUT2D eigenvalue weighted by atomic mass is 16.6. The number of nitro groups is 1. The van der Waals surface area contributed by atoms with E-state index < -0.39 is 10.8 Å². The fraction of sp³-hybridized carbons (Fsp3) is 0.571. The first-order chi connectivity index (χ1) is 14.3. The van der Waals surface area contributed by atoms with Crippen molar-refractivity contribution in [1.29, 1.82) is 0 Å². The summed E-state index contributed by atoms with van der Waals surface area (Å²) in [6.45, 7) is 7.31. The summed E-state index contributed by atoms with van der Waals surface area (Å²) in [4.78, 5) is 26.1. The number of carbonyl (C=O) groups excluding carboxylic acids is 1.